The van der Waals surface area contributed by atoms with E-state index in [1.54, 1.807) is 11.3 Å². The number of piperidine rings is 1. The lowest BCUT2D eigenvalue weighted by molar-refractivity contribution is 0.0772. The van der Waals surface area contributed by atoms with Crippen molar-refractivity contribution in [1.29, 1.82) is 0 Å². The van der Waals surface area contributed by atoms with Gasteiger partial charge in [-0.15, -0.1) is 0 Å². The summed E-state index contributed by atoms with van der Waals surface area (Å²) in [6.07, 6.45) is 4.66. The number of thiophene rings is 1. The highest BCUT2D eigenvalue weighted by atomic mass is 32.1. The fraction of sp³-hybridized carbons (Fsp3) is 0.345. The highest BCUT2D eigenvalue weighted by molar-refractivity contribution is 7.08. The Balaban J connectivity index is 1.53. The van der Waals surface area contributed by atoms with Gasteiger partial charge in [0, 0.05) is 47.4 Å². The van der Waals surface area contributed by atoms with Crippen molar-refractivity contribution < 1.29 is 9.53 Å². The molecule has 3 aliphatic heterocycles. The van der Waals surface area contributed by atoms with Crippen molar-refractivity contribution in [1.82, 2.24) is 10.2 Å². The van der Waals surface area contributed by atoms with Gasteiger partial charge in [0.05, 0.1) is 0 Å². The Labute approximate surface area is 205 Å². The van der Waals surface area contributed by atoms with Crippen molar-refractivity contribution in [3.05, 3.63) is 75.5 Å². The Hall–Kier alpha value is -2.89. The van der Waals surface area contributed by atoms with Gasteiger partial charge in [0.25, 0.3) is 5.91 Å². The maximum absolute atomic E-state index is 13.1. The van der Waals surface area contributed by atoms with E-state index in [9.17, 15) is 4.79 Å². The van der Waals surface area contributed by atoms with Gasteiger partial charge in [-0.2, -0.15) is 11.3 Å². The summed E-state index contributed by atoms with van der Waals surface area (Å²) in [6, 6.07) is 15.8. The number of nitrogens with one attached hydrogen (secondary N) is 1. The molecule has 0 radical (unpaired) electrons. The zero-order chi connectivity index (χ0) is 23.2. The van der Waals surface area contributed by atoms with E-state index in [0.717, 1.165) is 35.5 Å². The van der Waals surface area contributed by atoms with E-state index in [1.165, 1.54) is 35.1 Å². The van der Waals surface area contributed by atoms with E-state index < -0.39 is 0 Å². The van der Waals surface area contributed by atoms with E-state index in [4.69, 9.17) is 4.74 Å². The first kappa shape index (κ1) is 21.6. The first-order valence-corrected chi connectivity index (χ1v) is 13.4. The summed E-state index contributed by atoms with van der Waals surface area (Å²) >= 11 is 1.70. The van der Waals surface area contributed by atoms with Gasteiger partial charge in [0.2, 0.25) is 0 Å². The summed E-state index contributed by atoms with van der Waals surface area (Å²) in [5.41, 5.74) is 8.09. The van der Waals surface area contributed by atoms with Gasteiger partial charge in [-0.25, -0.2) is 0 Å². The Morgan fingerprint density at radius 1 is 1.03 bits per heavy atom. The minimum atomic E-state index is 0.0578. The highest BCUT2D eigenvalue weighted by Gasteiger charge is 2.35. The lowest BCUT2D eigenvalue weighted by atomic mass is 9.83. The number of benzene rings is 2. The van der Waals surface area contributed by atoms with E-state index in [2.05, 4.69) is 46.4 Å². The standard InChI is InChI=1S/C29H30N2O2S/c1-3-31(4-2)29(32)18-8-11-24-26(16-18)33-28-23(19-12-13-34-17-19)6-5-7-25(28)27(24)20-14-21-9-10-22(15-20)30-21/h5-8,11-13,16-17,21-22,30H,3-4,9-10,14-15H2,1-2H3. The molecule has 2 fully saturated rings. The summed E-state index contributed by atoms with van der Waals surface area (Å²) in [4.78, 5) is 15.0. The van der Waals surface area contributed by atoms with Gasteiger partial charge >= 0.3 is 0 Å². The molecule has 5 heteroatoms. The Kier molecular flexibility index (Phi) is 5.54. The summed E-state index contributed by atoms with van der Waals surface area (Å²) in [5.74, 6) is 1.76. The smallest absolute Gasteiger partial charge is 0.253 e. The van der Waals surface area contributed by atoms with Gasteiger partial charge in [0.15, 0.2) is 0 Å². The normalized spacial score (nSPS) is 20.5. The van der Waals surface area contributed by atoms with Crippen molar-refractivity contribution in [3.63, 3.8) is 0 Å². The van der Waals surface area contributed by atoms with Crippen LogP contribution < -0.4 is 10.1 Å². The Morgan fingerprint density at radius 3 is 2.50 bits per heavy atom. The number of carbonyl (C=O) groups is 1. The molecule has 1 amide bonds. The third kappa shape index (κ3) is 3.58. The predicted octanol–water partition coefficient (Wildman–Crippen LogP) is 6.72. The number of fused-ring (bicyclic) bond motifs is 4. The highest BCUT2D eigenvalue weighted by Crippen LogP contribution is 2.51. The van der Waals surface area contributed by atoms with E-state index >= 15 is 0 Å². The SMILES string of the molecule is CCN(CC)C(=O)c1ccc2c(c1)Oc1c(cccc1-c1ccsc1)C2=C1CC2CCC(C1)N2. The number of rotatable bonds is 4. The molecule has 0 aliphatic carbocycles. The second-order valence-corrected chi connectivity index (χ2v) is 10.3. The van der Waals surface area contributed by atoms with Crippen LogP contribution in [0.4, 0.5) is 0 Å². The lowest BCUT2D eigenvalue weighted by Crippen LogP contribution is -2.35. The van der Waals surface area contributed by atoms with Crippen molar-refractivity contribution in [2.24, 2.45) is 0 Å². The molecule has 2 aromatic carbocycles. The molecule has 2 atom stereocenters. The van der Waals surface area contributed by atoms with E-state index in [1.807, 2.05) is 30.9 Å². The molecule has 2 unspecified atom stereocenters. The predicted molar refractivity (Wildman–Crippen MR) is 139 cm³/mol. The summed E-state index contributed by atoms with van der Waals surface area (Å²) in [7, 11) is 0. The fourth-order valence-electron chi connectivity index (χ4n) is 5.87. The average molecular weight is 471 g/mol. The largest absolute Gasteiger partial charge is 0.455 e. The second kappa shape index (κ2) is 8.71. The molecule has 2 bridgehead atoms. The Morgan fingerprint density at radius 2 is 1.79 bits per heavy atom. The number of hydrogen-bond donors (Lipinski definition) is 1. The van der Waals surface area contributed by atoms with Crippen LogP contribution in [0, 0.1) is 0 Å². The van der Waals surface area contributed by atoms with E-state index in [0.29, 0.717) is 30.7 Å². The number of amides is 1. The summed E-state index contributed by atoms with van der Waals surface area (Å²) < 4.78 is 6.64. The molecule has 3 aromatic rings. The molecule has 3 aliphatic rings. The first-order valence-electron chi connectivity index (χ1n) is 12.4. The van der Waals surface area contributed by atoms with Crippen LogP contribution in [0.3, 0.4) is 0 Å². The third-order valence-electron chi connectivity index (χ3n) is 7.55. The number of nitrogens with zero attached hydrogens (tertiary/aromatic N) is 1. The molecule has 6 rings (SSSR count). The zero-order valence-electron chi connectivity index (χ0n) is 19.8. The average Bonchev–Trinajstić information content (AvgIpc) is 3.52. The minimum absolute atomic E-state index is 0.0578. The zero-order valence-corrected chi connectivity index (χ0v) is 20.6. The van der Waals surface area contributed by atoms with Crippen LogP contribution in [0.2, 0.25) is 0 Å². The van der Waals surface area contributed by atoms with Crippen LogP contribution in [0.25, 0.3) is 16.7 Å². The van der Waals surface area contributed by atoms with Crippen LogP contribution in [0.15, 0.2) is 58.8 Å². The van der Waals surface area contributed by atoms with Crippen LogP contribution in [0.5, 0.6) is 11.5 Å². The van der Waals surface area contributed by atoms with Crippen LogP contribution in [0.1, 0.15) is 61.0 Å². The van der Waals surface area contributed by atoms with E-state index in [-0.39, 0.29) is 5.91 Å². The Bertz CT molecular complexity index is 1260. The molecule has 2 saturated heterocycles. The summed E-state index contributed by atoms with van der Waals surface area (Å²) in [5, 5.41) is 8.06. The van der Waals surface area contributed by atoms with Crippen molar-refractivity contribution in [2.45, 2.75) is 51.6 Å². The summed E-state index contributed by atoms with van der Waals surface area (Å²) in [6.45, 7) is 5.44. The van der Waals surface area contributed by atoms with Gasteiger partial charge in [0.1, 0.15) is 11.5 Å². The van der Waals surface area contributed by atoms with Crippen molar-refractivity contribution in [2.75, 3.05) is 13.1 Å². The first-order chi connectivity index (χ1) is 16.7. The molecule has 174 valence electrons. The van der Waals surface area contributed by atoms with Crippen LogP contribution in [-0.4, -0.2) is 36.0 Å². The van der Waals surface area contributed by atoms with Crippen LogP contribution >= 0.6 is 11.3 Å². The topological polar surface area (TPSA) is 41.6 Å². The molecule has 34 heavy (non-hydrogen) atoms. The van der Waals surface area contributed by atoms with Crippen LogP contribution in [-0.2, 0) is 0 Å². The molecule has 0 saturated carbocycles. The minimum Gasteiger partial charge on any atom is -0.455 e. The van der Waals surface area contributed by atoms with Gasteiger partial charge < -0.3 is 15.0 Å². The number of hydrogen-bond acceptors (Lipinski definition) is 4. The lowest BCUT2D eigenvalue weighted by Gasteiger charge is -2.31. The quantitative estimate of drug-likeness (QED) is 0.360. The molecule has 0 spiro atoms. The van der Waals surface area contributed by atoms with Gasteiger partial charge in [-0.3, -0.25) is 4.79 Å². The number of para-hydroxylation sites is 1. The maximum Gasteiger partial charge on any atom is 0.253 e. The maximum atomic E-state index is 13.1. The molecule has 1 N–H and O–H groups in total. The second-order valence-electron chi connectivity index (χ2n) is 9.51. The number of ether oxygens (including phenoxy) is 1. The third-order valence-corrected chi connectivity index (χ3v) is 8.23. The molecular weight excluding hydrogens is 440 g/mol. The molecule has 4 heterocycles. The molecule has 1 aromatic heterocycles. The number of carbonyl (C=O) groups excluding carboxylic acids is 1. The molecular formula is C29H30N2O2S. The van der Waals surface area contributed by atoms with Gasteiger partial charge in [-0.1, -0.05) is 23.8 Å². The molecule has 4 nitrogen and oxygen atoms in total. The van der Waals surface area contributed by atoms with Crippen molar-refractivity contribution in [3.8, 4) is 22.6 Å². The van der Waals surface area contributed by atoms with Crippen molar-refractivity contribution >= 4 is 22.8 Å². The fourth-order valence-corrected chi connectivity index (χ4v) is 6.53. The van der Waals surface area contributed by atoms with Gasteiger partial charge in [-0.05, 0) is 85.7 Å². The monoisotopic (exact) mass is 470 g/mol.